The topological polar surface area (TPSA) is 89.8 Å². The Kier molecular flexibility index (Phi) is 5.99. The third-order valence-electron chi connectivity index (χ3n) is 2.90. The van der Waals surface area contributed by atoms with Gasteiger partial charge < -0.3 is 20.6 Å². The lowest BCUT2D eigenvalue weighted by atomic mass is 10.1. The molecule has 5 heteroatoms. The van der Waals surface area contributed by atoms with Gasteiger partial charge in [0.15, 0.2) is 17.2 Å². The minimum absolute atomic E-state index is 0.126. The minimum atomic E-state index is -0.615. The van der Waals surface area contributed by atoms with Gasteiger partial charge in [0, 0.05) is 12.1 Å². The summed E-state index contributed by atoms with van der Waals surface area (Å²) in [5, 5.41) is 30.5. The fraction of sp³-hybridized carbons (Fsp3) is 0.500. The number of phenols is 3. The molecule has 1 rings (SSSR count). The number of phenolic OH excluding ortho intramolecular Hbond substituents is 3. The highest BCUT2D eigenvalue weighted by atomic mass is 16.3. The highest BCUT2D eigenvalue weighted by Crippen LogP contribution is 2.35. The normalized spacial score (nSPS) is 10.4. The second kappa shape index (κ2) is 7.51. The molecule has 0 atom stereocenters. The molecule has 0 radical (unpaired) electrons. The summed E-state index contributed by atoms with van der Waals surface area (Å²) in [6.45, 7) is 2.70. The summed E-state index contributed by atoms with van der Waals surface area (Å²) in [5.41, 5.74) is 0.126. The zero-order valence-electron chi connectivity index (χ0n) is 11.1. The third-order valence-corrected chi connectivity index (χ3v) is 2.90. The molecule has 0 aromatic heterocycles. The largest absolute Gasteiger partial charge is 0.504 e. The third kappa shape index (κ3) is 4.69. The molecule has 0 saturated heterocycles. The summed E-state index contributed by atoms with van der Waals surface area (Å²) in [6.07, 6.45) is 5.52. The Morgan fingerprint density at radius 1 is 1.05 bits per heavy atom. The Morgan fingerprint density at radius 3 is 2.21 bits per heavy atom. The van der Waals surface area contributed by atoms with Crippen molar-refractivity contribution in [2.24, 2.45) is 0 Å². The molecule has 0 aliphatic heterocycles. The number of unbranched alkanes of at least 4 members (excludes halogenated alkanes) is 4. The Balaban J connectivity index is 2.42. The van der Waals surface area contributed by atoms with Gasteiger partial charge in [-0.15, -0.1) is 0 Å². The van der Waals surface area contributed by atoms with Gasteiger partial charge in [0.2, 0.25) is 0 Å². The van der Waals surface area contributed by atoms with E-state index in [1.54, 1.807) is 0 Å². The molecule has 5 nitrogen and oxygen atoms in total. The van der Waals surface area contributed by atoms with Gasteiger partial charge in [-0.05, 0) is 18.6 Å². The molecule has 1 amide bonds. The van der Waals surface area contributed by atoms with Crippen LogP contribution in [0.4, 0.5) is 0 Å². The maximum atomic E-state index is 11.7. The van der Waals surface area contributed by atoms with Gasteiger partial charge in [0.05, 0.1) is 0 Å². The molecule has 0 aliphatic rings. The van der Waals surface area contributed by atoms with E-state index in [2.05, 4.69) is 12.2 Å². The molecule has 4 N–H and O–H groups in total. The summed E-state index contributed by atoms with van der Waals surface area (Å²) in [6, 6.07) is 2.25. The fourth-order valence-corrected chi connectivity index (χ4v) is 1.77. The number of rotatable bonds is 7. The molecule has 19 heavy (non-hydrogen) atoms. The molecule has 0 spiro atoms. The summed E-state index contributed by atoms with van der Waals surface area (Å²) >= 11 is 0. The van der Waals surface area contributed by atoms with Gasteiger partial charge >= 0.3 is 0 Å². The number of aromatic hydroxyl groups is 3. The molecule has 106 valence electrons. The van der Waals surface area contributed by atoms with Gasteiger partial charge in [-0.3, -0.25) is 4.79 Å². The van der Waals surface area contributed by atoms with Crippen molar-refractivity contribution in [3.8, 4) is 17.2 Å². The molecule has 1 aromatic carbocycles. The Morgan fingerprint density at radius 2 is 1.63 bits per heavy atom. The maximum absolute atomic E-state index is 11.7. The first-order valence-electron chi connectivity index (χ1n) is 6.59. The van der Waals surface area contributed by atoms with Crippen LogP contribution in [0.1, 0.15) is 49.4 Å². The average Bonchev–Trinajstić information content (AvgIpc) is 2.39. The van der Waals surface area contributed by atoms with E-state index in [1.165, 1.54) is 12.8 Å². The predicted octanol–water partition coefficient (Wildman–Crippen LogP) is 2.50. The van der Waals surface area contributed by atoms with Crippen LogP contribution in [-0.4, -0.2) is 27.8 Å². The van der Waals surface area contributed by atoms with E-state index in [0.717, 1.165) is 31.4 Å². The minimum Gasteiger partial charge on any atom is -0.504 e. The van der Waals surface area contributed by atoms with E-state index in [4.69, 9.17) is 0 Å². The van der Waals surface area contributed by atoms with Crippen LogP contribution in [0.2, 0.25) is 0 Å². The summed E-state index contributed by atoms with van der Waals surface area (Å²) < 4.78 is 0. The van der Waals surface area contributed by atoms with Gasteiger partial charge in [-0.1, -0.05) is 32.6 Å². The zero-order valence-corrected chi connectivity index (χ0v) is 11.1. The molecular weight excluding hydrogens is 246 g/mol. The molecule has 1 aromatic rings. The quantitative estimate of drug-likeness (QED) is 0.451. The van der Waals surface area contributed by atoms with E-state index in [1.807, 2.05) is 0 Å². The summed E-state index contributed by atoms with van der Waals surface area (Å²) in [7, 11) is 0. The number of benzene rings is 1. The van der Waals surface area contributed by atoms with Crippen molar-refractivity contribution >= 4 is 5.91 Å². The Hall–Kier alpha value is -1.91. The molecule has 0 aliphatic carbocycles. The molecule has 0 unspecified atom stereocenters. The van der Waals surface area contributed by atoms with Gasteiger partial charge in [0.25, 0.3) is 5.91 Å². The van der Waals surface area contributed by atoms with Crippen LogP contribution in [0.25, 0.3) is 0 Å². The van der Waals surface area contributed by atoms with Gasteiger partial charge in [-0.2, -0.15) is 0 Å². The highest BCUT2D eigenvalue weighted by Gasteiger charge is 2.12. The number of carbonyl (C=O) groups is 1. The maximum Gasteiger partial charge on any atom is 0.251 e. The van der Waals surface area contributed by atoms with Crippen LogP contribution in [0.3, 0.4) is 0 Å². The lowest BCUT2D eigenvalue weighted by Crippen LogP contribution is -2.24. The molecule has 0 heterocycles. The summed E-state index contributed by atoms with van der Waals surface area (Å²) in [4.78, 5) is 11.7. The molecule has 0 saturated carbocycles. The van der Waals surface area contributed by atoms with Crippen LogP contribution in [-0.2, 0) is 0 Å². The van der Waals surface area contributed by atoms with Crippen LogP contribution >= 0.6 is 0 Å². The van der Waals surface area contributed by atoms with Crippen molar-refractivity contribution in [2.45, 2.75) is 39.0 Å². The smallest absolute Gasteiger partial charge is 0.251 e. The SMILES string of the molecule is CCCCCCCNC(=O)c1cc(O)c(O)c(O)c1. The van der Waals surface area contributed by atoms with E-state index in [0.29, 0.717) is 6.54 Å². The first-order chi connectivity index (χ1) is 9.06. The first-order valence-corrected chi connectivity index (χ1v) is 6.59. The monoisotopic (exact) mass is 267 g/mol. The van der Waals surface area contributed by atoms with Crippen molar-refractivity contribution in [1.29, 1.82) is 0 Å². The van der Waals surface area contributed by atoms with Crippen LogP contribution in [0.15, 0.2) is 12.1 Å². The van der Waals surface area contributed by atoms with E-state index >= 15 is 0 Å². The molecule has 0 bridgehead atoms. The van der Waals surface area contributed by atoms with Crippen molar-refractivity contribution in [1.82, 2.24) is 5.32 Å². The lowest BCUT2D eigenvalue weighted by molar-refractivity contribution is 0.0952. The Bertz CT molecular complexity index is 408. The number of hydrogen-bond acceptors (Lipinski definition) is 4. The lowest BCUT2D eigenvalue weighted by Gasteiger charge is -2.07. The first kappa shape index (κ1) is 15.1. The standard InChI is InChI=1S/C14H21NO4/c1-2-3-4-5-6-7-15-14(19)10-8-11(16)13(18)12(17)9-10/h8-9,16-18H,2-7H2,1H3,(H,15,19). The molecular formula is C14H21NO4. The van der Waals surface area contributed by atoms with Crippen molar-refractivity contribution in [2.75, 3.05) is 6.54 Å². The van der Waals surface area contributed by atoms with E-state index in [-0.39, 0.29) is 11.5 Å². The van der Waals surface area contributed by atoms with Gasteiger partial charge in [0.1, 0.15) is 0 Å². The van der Waals surface area contributed by atoms with E-state index < -0.39 is 17.2 Å². The number of hydrogen-bond donors (Lipinski definition) is 4. The second-order valence-corrected chi connectivity index (χ2v) is 4.53. The highest BCUT2D eigenvalue weighted by molar-refractivity contribution is 5.95. The second-order valence-electron chi connectivity index (χ2n) is 4.53. The fourth-order valence-electron chi connectivity index (χ4n) is 1.77. The van der Waals surface area contributed by atoms with E-state index in [9.17, 15) is 20.1 Å². The molecule has 0 fully saturated rings. The van der Waals surface area contributed by atoms with Crippen molar-refractivity contribution < 1.29 is 20.1 Å². The summed E-state index contributed by atoms with van der Waals surface area (Å²) in [5.74, 6) is -2.00. The number of carbonyl (C=O) groups excluding carboxylic acids is 1. The van der Waals surface area contributed by atoms with Crippen molar-refractivity contribution in [3.05, 3.63) is 17.7 Å². The number of amides is 1. The van der Waals surface area contributed by atoms with Crippen molar-refractivity contribution in [3.63, 3.8) is 0 Å². The Labute approximate surface area is 112 Å². The van der Waals surface area contributed by atoms with Crippen LogP contribution in [0, 0.1) is 0 Å². The van der Waals surface area contributed by atoms with Gasteiger partial charge in [-0.25, -0.2) is 0 Å². The number of nitrogens with one attached hydrogen (secondary N) is 1. The van der Waals surface area contributed by atoms with Crippen LogP contribution in [0.5, 0.6) is 17.2 Å². The average molecular weight is 267 g/mol. The zero-order chi connectivity index (χ0) is 14.3. The van der Waals surface area contributed by atoms with Crippen LogP contribution < -0.4 is 5.32 Å². The predicted molar refractivity (Wildman–Crippen MR) is 72.5 cm³/mol.